The van der Waals surface area contributed by atoms with Crippen molar-refractivity contribution in [3.63, 3.8) is 0 Å². The zero-order chi connectivity index (χ0) is 14.8. The van der Waals surface area contributed by atoms with Crippen molar-refractivity contribution in [3.05, 3.63) is 0 Å². The average molecular weight is 306 g/mol. The summed E-state index contributed by atoms with van der Waals surface area (Å²) in [5.41, 5.74) is 0. The smallest absolute Gasteiger partial charge is 0.323 e. The zero-order valence-electron chi connectivity index (χ0n) is 11.7. The molecule has 2 atom stereocenters. The van der Waals surface area contributed by atoms with Gasteiger partial charge in [-0.1, -0.05) is 0 Å². The number of ether oxygens (including phenoxy) is 1. The van der Waals surface area contributed by atoms with Crippen molar-refractivity contribution >= 4 is 16.0 Å². The number of carboxylic acid groups (broad SMARTS) is 1. The maximum Gasteiger partial charge on any atom is 0.323 e. The fourth-order valence-corrected chi connectivity index (χ4v) is 3.97. The molecule has 0 spiro atoms. The molecular weight excluding hydrogens is 284 g/mol. The van der Waals surface area contributed by atoms with Gasteiger partial charge < -0.3 is 9.84 Å². The largest absolute Gasteiger partial charge is 0.480 e. The summed E-state index contributed by atoms with van der Waals surface area (Å²) in [6.07, 6.45) is 2.42. The molecule has 0 amide bonds. The Labute approximate surface area is 119 Å². The first kappa shape index (κ1) is 15.7. The van der Waals surface area contributed by atoms with E-state index in [1.165, 1.54) is 11.2 Å². The highest BCUT2D eigenvalue weighted by molar-refractivity contribution is 7.90. The van der Waals surface area contributed by atoms with E-state index in [9.17, 15) is 13.2 Å². The normalized spacial score (nSPS) is 27.6. The van der Waals surface area contributed by atoms with Crippen LogP contribution >= 0.6 is 0 Å². The molecule has 1 N–H and O–H groups in total. The van der Waals surface area contributed by atoms with Gasteiger partial charge in [0.2, 0.25) is 10.0 Å². The van der Waals surface area contributed by atoms with E-state index >= 15 is 0 Å². The first-order chi connectivity index (χ1) is 9.41. The molecular formula is C12H22N2O5S. The molecule has 2 heterocycles. The number of sulfonamides is 1. The number of rotatable bonds is 5. The third-order valence-corrected chi connectivity index (χ3v) is 6.15. The third-order valence-electron chi connectivity index (χ3n) is 3.97. The van der Waals surface area contributed by atoms with E-state index in [2.05, 4.69) is 4.90 Å². The molecule has 116 valence electrons. The molecule has 7 nitrogen and oxygen atoms in total. The van der Waals surface area contributed by atoms with Crippen LogP contribution in [0.15, 0.2) is 0 Å². The van der Waals surface area contributed by atoms with Crippen LogP contribution in [0.4, 0.5) is 0 Å². The van der Waals surface area contributed by atoms with Gasteiger partial charge in [-0.25, -0.2) is 8.42 Å². The van der Waals surface area contributed by atoms with Crippen molar-refractivity contribution in [3.8, 4) is 0 Å². The Morgan fingerprint density at radius 2 is 2.00 bits per heavy atom. The highest BCUT2D eigenvalue weighted by Gasteiger charge is 2.35. The van der Waals surface area contributed by atoms with Crippen LogP contribution in [-0.4, -0.2) is 79.4 Å². The van der Waals surface area contributed by atoms with Crippen molar-refractivity contribution in [1.29, 1.82) is 0 Å². The number of carbonyl (C=O) groups is 1. The summed E-state index contributed by atoms with van der Waals surface area (Å²) in [7, 11) is -3.74. The minimum absolute atomic E-state index is 0.260. The molecule has 0 aromatic rings. The van der Waals surface area contributed by atoms with Gasteiger partial charge in [-0.15, -0.1) is 0 Å². The summed E-state index contributed by atoms with van der Waals surface area (Å²) >= 11 is 0. The lowest BCUT2D eigenvalue weighted by atomic mass is 10.2. The van der Waals surface area contributed by atoms with Gasteiger partial charge in [0, 0.05) is 39.3 Å². The van der Waals surface area contributed by atoms with E-state index in [0.717, 1.165) is 26.0 Å². The molecule has 0 aromatic heterocycles. The summed E-state index contributed by atoms with van der Waals surface area (Å²) in [5.74, 6) is -1.30. The van der Waals surface area contributed by atoms with Crippen molar-refractivity contribution in [2.75, 3.05) is 39.3 Å². The first-order valence-corrected chi connectivity index (χ1v) is 8.47. The predicted octanol–water partition coefficient (Wildman–Crippen LogP) is -0.414. The minimum atomic E-state index is -3.74. The van der Waals surface area contributed by atoms with Crippen LogP contribution in [0.3, 0.4) is 0 Å². The van der Waals surface area contributed by atoms with Crippen molar-refractivity contribution in [2.24, 2.45) is 0 Å². The molecule has 2 aliphatic heterocycles. The van der Waals surface area contributed by atoms with Crippen LogP contribution in [0.2, 0.25) is 0 Å². The van der Waals surface area contributed by atoms with Crippen molar-refractivity contribution in [1.82, 2.24) is 9.21 Å². The minimum Gasteiger partial charge on any atom is -0.480 e. The molecule has 8 heteroatoms. The second-order valence-corrected chi connectivity index (χ2v) is 7.61. The zero-order valence-corrected chi connectivity index (χ0v) is 12.5. The van der Waals surface area contributed by atoms with Crippen LogP contribution in [0, 0.1) is 0 Å². The van der Waals surface area contributed by atoms with Gasteiger partial charge in [-0.2, -0.15) is 4.31 Å². The summed E-state index contributed by atoms with van der Waals surface area (Å²) in [5, 5.41) is 7.47. The molecule has 2 fully saturated rings. The molecule has 0 radical (unpaired) electrons. The van der Waals surface area contributed by atoms with Gasteiger partial charge in [0.15, 0.2) is 5.25 Å². The number of nitrogens with zero attached hydrogens (tertiary/aromatic N) is 2. The van der Waals surface area contributed by atoms with Crippen LogP contribution < -0.4 is 0 Å². The Hall–Kier alpha value is -0.700. The second-order valence-electron chi connectivity index (χ2n) is 5.36. The SMILES string of the molecule is CC(C(=O)O)S(=O)(=O)N1CCN(CC2CCCO2)CC1. The number of piperazine rings is 1. The molecule has 2 unspecified atom stereocenters. The Bertz CT molecular complexity index is 439. The van der Waals surface area contributed by atoms with Crippen LogP contribution in [0.25, 0.3) is 0 Å². The molecule has 0 saturated carbocycles. The Morgan fingerprint density at radius 1 is 1.35 bits per heavy atom. The fourth-order valence-electron chi connectivity index (χ4n) is 2.59. The maximum absolute atomic E-state index is 12.1. The van der Waals surface area contributed by atoms with E-state index in [1.54, 1.807) is 0 Å². The quantitative estimate of drug-likeness (QED) is 0.743. The standard InChI is InChI=1S/C12H22N2O5S/c1-10(12(15)16)20(17,18)14-6-4-13(5-7-14)9-11-3-2-8-19-11/h10-11H,2-9H2,1H3,(H,15,16). The third kappa shape index (κ3) is 3.49. The van der Waals surface area contributed by atoms with Crippen LogP contribution in [-0.2, 0) is 19.6 Å². The molecule has 2 aliphatic rings. The predicted molar refractivity (Wildman–Crippen MR) is 73.0 cm³/mol. The van der Waals surface area contributed by atoms with Crippen molar-refractivity contribution < 1.29 is 23.1 Å². The Kier molecular flexibility index (Phi) is 5.00. The summed E-state index contributed by atoms with van der Waals surface area (Å²) in [4.78, 5) is 13.0. The van der Waals surface area contributed by atoms with Gasteiger partial charge >= 0.3 is 5.97 Å². The number of aliphatic carboxylic acids is 1. The molecule has 0 bridgehead atoms. The lowest BCUT2D eigenvalue weighted by Gasteiger charge is -2.35. The molecule has 0 aromatic carbocycles. The van der Waals surface area contributed by atoms with Crippen LogP contribution in [0.5, 0.6) is 0 Å². The van der Waals surface area contributed by atoms with E-state index in [4.69, 9.17) is 9.84 Å². The van der Waals surface area contributed by atoms with Gasteiger partial charge in [0.1, 0.15) is 0 Å². The summed E-state index contributed by atoms with van der Waals surface area (Å²) < 4.78 is 31.0. The van der Waals surface area contributed by atoms with E-state index < -0.39 is 21.2 Å². The number of carboxylic acids is 1. The number of hydrogen-bond donors (Lipinski definition) is 1. The van der Waals surface area contributed by atoms with Gasteiger partial charge in [0.05, 0.1) is 6.10 Å². The number of hydrogen-bond acceptors (Lipinski definition) is 5. The maximum atomic E-state index is 12.1. The Morgan fingerprint density at radius 3 is 2.50 bits per heavy atom. The van der Waals surface area contributed by atoms with Crippen LogP contribution in [0.1, 0.15) is 19.8 Å². The highest BCUT2D eigenvalue weighted by Crippen LogP contribution is 2.17. The van der Waals surface area contributed by atoms with Gasteiger partial charge in [0.25, 0.3) is 0 Å². The monoisotopic (exact) mass is 306 g/mol. The highest BCUT2D eigenvalue weighted by atomic mass is 32.2. The first-order valence-electron chi connectivity index (χ1n) is 6.97. The molecule has 2 saturated heterocycles. The van der Waals surface area contributed by atoms with E-state index in [1.807, 2.05) is 0 Å². The fraction of sp³-hybridized carbons (Fsp3) is 0.917. The summed E-state index contributed by atoms with van der Waals surface area (Å²) in [6, 6.07) is 0. The lowest BCUT2D eigenvalue weighted by molar-refractivity contribution is -0.136. The van der Waals surface area contributed by atoms with E-state index in [0.29, 0.717) is 26.2 Å². The van der Waals surface area contributed by atoms with Gasteiger partial charge in [-0.3, -0.25) is 9.69 Å². The van der Waals surface area contributed by atoms with E-state index in [-0.39, 0.29) is 6.10 Å². The second kappa shape index (κ2) is 6.38. The van der Waals surface area contributed by atoms with Gasteiger partial charge in [-0.05, 0) is 19.8 Å². The molecule has 0 aliphatic carbocycles. The van der Waals surface area contributed by atoms with Crippen molar-refractivity contribution in [2.45, 2.75) is 31.1 Å². The topological polar surface area (TPSA) is 87.1 Å². The lowest BCUT2D eigenvalue weighted by Crippen LogP contribution is -2.52. The Balaban J connectivity index is 1.85. The summed E-state index contributed by atoms with van der Waals surface area (Å²) in [6.45, 7) is 4.84. The molecule has 2 rings (SSSR count). The average Bonchev–Trinajstić information content (AvgIpc) is 2.91. The molecule has 20 heavy (non-hydrogen) atoms.